The molecule has 2 nitrogen and oxygen atoms in total. The Morgan fingerprint density at radius 3 is 2.57 bits per heavy atom. The van der Waals surface area contributed by atoms with Gasteiger partial charge in [0.05, 0.1) is 10.7 Å². The molecule has 0 saturated carbocycles. The fourth-order valence-electron chi connectivity index (χ4n) is 2.29. The van der Waals surface area contributed by atoms with Crippen LogP contribution in [0.25, 0.3) is 11.3 Å². The van der Waals surface area contributed by atoms with E-state index < -0.39 is 0 Å². The van der Waals surface area contributed by atoms with Crippen molar-refractivity contribution in [3.05, 3.63) is 40.2 Å². The van der Waals surface area contributed by atoms with Gasteiger partial charge in [0.25, 0.3) is 0 Å². The van der Waals surface area contributed by atoms with E-state index in [0.29, 0.717) is 0 Å². The van der Waals surface area contributed by atoms with Crippen LogP contribution in [-0.4, -0.2) is 18.1 Å². The highest BCUT2D eigenvalue weighted by Gasteiger charge is 2.04. The molecule has 0 unspecified atom stereocenters. The van der Waals surface area contributed by atoms with E-state index in [2.05, 4.69) is 48.8 Å². The van der Waals surface area contributed by atoms with Crippen molar-refractivity contribution in [2.45, 2.75) is 46.0 Å². The highest BCUT2D eigenvalue weighted by atomic mass is 32.1. The van der Waals surface area contributed by atoms with Crippen molar-refractivity contribution in [1.82, 2.24) is 10.3 Å². The summed E-state index contributed by atoms with van der Waals surface area (Å²) >= 11 is 1.77. The fourth-order valence-corrected chi connectivity index (χ4v) is 3.10. The Morgan fingerprint density at radius 2 is 1.86 bits per heavy atom. The van der Waals surface area contributed by atoms with Crippen molar-refractivity contribution in [2.75, 3.05) is 13.1 Å². The molecule has 2 aromatic rings. The lowest BCUT2D eigenvalue weighted by molar-refractivity contribution is 0.616. The first-order chi connectivity index (χ1) is 10.3. The molecule has 0 fully saturated rings. The smallest absolute Gasteiger partial charge is 0.0945 e. The first-order valence-corrected chi connectivity index (χ1v) is 8.96. The van der Waals surface area contributed by atoms with Crippen LogP contribution in [0.2, 0.25) is 0 Å². The second kappa shape index (κ2) is 8.96. The van der Waals surface area contributed by atoms with E-state index in [1.165, 1.54) is 35.4 Å². The highest BCUT2D eigenvalue weighted by Crippen LogP contribution is 2.22. The second-order valence-corrected chi connectivity index (χ2v) is 6.33. The number of aryl methyl sites for hydroxylation is 1. The quantitative estimate of drug-likeness (QED) is 0.679. The summed E-state index contributed by atoms with van der Waals surface area (Å²) in [7, 11) is 0. The molecule has 1 aromatic heterocycles. The lowest BCUT2D eigenvalue weighted by Crippen LogP contribution is -2.18. The number of benzene rings is 1. The van der Waals surface area contributed by atoms with E-state index in [0.717, 1.165) is 31.6 Å². The van der Waals surface area contributed by atoms with Crippen molar-refractivity contribution in [1.29, 1.82) is 0 Å². The number of hydrogen-bond acceptors (Lipinski definition) is 3. The number of nitrogens with one attached hydrogen (secondary N) is 1. The van der Waals surface area contributed by atoms with Gasteiger partial charge >= 0.3 is 0 Å². The molecule has 3 heteroatoms. The SMILES string of the molecule is CCCCCNCCc1nc(-c2ccc(CC)cc2)cs1. The molecule has 0 spiro atoms. The minimum atomic E-state index is 1.03. The summed E-state index contributed by atoms with van der Waals surface area (Å²) in [4.78, 5) is 4.75. The van der Waals surface area contributed by atoms with Crippen LogP contribution in [-0.2, 0) is 12.8 Å². The molecule has 0 saturated heterocycles. The van der Waals surface area contributed by atoms with Gasteiger partial charge in [-0.1, -0.05) is 51.0 Å². The standard InChI is InChI=1S/C18H26N2S/c1-3-5-6-12-19-13-11-18-20-17(14-21-18)16-9-7-15(4-2)8-10-16/h7-10,14,19H,3-6,11-13H2,1-2H3. The van der Waals surface area contributed by atoms with Crippen LogP contribution >= 0.6 is 11.3 Å². The average molecular weight is 302 g/mol. The first-order valence-electron chi connectivity index (χ1n) is 8.08. The Morgan fingerprint density at radius 1 is 1.05 bits per heavy atom. The molecule has 21 heavy (non-hydrogen) atoms. The minimum Gasteiger partial charge on any atom is -0.316 e. The minimum absolute atomic E-state index is 1.03. The molecular weight excluding hydrogens is 276 g/mol. The van der Waals surface area contributed by atoms with Crippen molar-refractivity contribution in [3.63, 3.8) is 0 Å². The van der Waals surface area contributed by atoms with Gasteiger partial charge in [-0.25, -0.2) is 4.98 Å². The molecule has 0 amide bonds. The summed E-state index contributed by atoms with van der Waals surface area (Å²) in [6.07, 6.45) is 6.01. The van der Waals surface area contributed by atoms with Crippen LogP contribution in [0.15, 0.2) is 29.6 Å². The third-order valence-electron chi connectivity index (χ3n) is 3.68. The zero-order chi connectivity index (χ0) is 14.9. The van der Waals surface area contributed by atoms with Crippen molar-refractivity contribution in [3.8, 4) is 11.3 Å². The topological polar surface area (TPSA) is 24.9 Å². The van der Waals surface area contributed by atoms with E-state index in [1.807, 2.05) is 0 Å². The van der Waals surface area contributed by atoms with E-state index in [1.54, 1.807) is 11.3 Å². The van der Waals surface area contributed by atoms with E-state index >= 15 is 0 Å². The lowest BCUT2D eigenvalue weighted by Gasteiger charge is -2.02. The van der Waals surface area contributed by atoms with E-state index in [-0.39, 0.29) is 0 Å². The zero-order valence-electron chi connectivity index (χ0n) is 13.2. The van der Waals surface area contributed by atoms with Crippen molar-refractivity contribution < 1.29 is 0 Å². The molecule has 2 rings (SSSR count). The maximum Gasteiger partial charge on any atom is 0.0945 e. The van der Waals surface area contributed by atoms with Crippen LogP contribution in [0, 0.1) is 0 Å². The zero-order valence-corrected chi connectivity index (χ0v) is 14.0. The number of aromatic nitrogens is 1. The summed E-state index contributed by atoms with van der Waals surface area (Å²) in [5.41, 5.74) is 3.72. The molecule has 0 bridgehead atoms. The third-order valence-corrected chi connectivity index (χ3v) is 4.59. The summed E-state index contributed by atoms with van der Waals surface area (Å²) < 4.78 is 0. The van der Waals surface area contributed by atoms with Gasteiger partial charge in [0, 0.05) is 23.9 Å². The van der Waals surface area contributed by atoms with Crippen molar-refractivity contribution >= 4 is 11.3 Å². The number of rotatable bonds is 9. The van der Waals surface area contributed by atoms with Crippen molar-refractivity contribution in [2.24, 2.45) is 0 Å². The van der Waals surface area contributed by atoms with Gasteiger partial charge in [0.1, 0.15) is 0 Å². The molecule has 0 aliphatic carbocycles. The second-order valence-electron chi connectivity index (χ2n) is 5.38. The number of nitrogens with zero attached hydrogens (tertiary/aromatic N) is 1. The largest absolute Gasteiger partial charge is 0.316 e. The Hall–Kier alpha value is -1.19. The Balaban J connectivity index is 1.80. The molecule has 1 aromatic carbocycles. The maximum absolute atomic E-state index is 4.75. The van der Waals surface area contributed by atoms with Gasteiger partial charge in [-0.05, 0) is 24.9 Å². The monoisotopic (exact) mass is 302 g/mol. The number of hydrogen-bond donors (Lipinski definition) is 1. The van der Waals surface area contributed by atoms with Crippen LogP contribution in [0.3, 0.4) is 0 Å². The summed E-state index contributed by atoms with van der Waals surface area (Å²) in [6, 6.07) is 8.76. The van der Waals surface area contributed by atoms with E-state index in [4.69, 9.17) is 4.98 Å². The normalized spacial score (nSPS) is 11.0. The van der Waals surface area contributed by atoms with Crippen LogP contribution in [0.5, 0.6) is 0 Å². The lowest BCUT2D eigenvalue weighted by atomic mass is 10.1. The van der Waals surface area contributed by atoms with Gasteiger partial charge in [0.2, 0.25) is 0 Å². The fraction of sp³-hybridized carbons (Fsp3) is 0.500. The Kier molecular flexibility index (Phi) is 6.90. The molecular formula is C18H26N2S. The van der Waals surface area contributed by atoms with Crippen LogP contribution in [0.4, 0.5) is 0 Å². The maximum atomic E-state index is 4.75. The number of thiazole rings is 1. The molecule has 0 aliphatic heterocycles. The third kappa shape index (κ3) is 5.25. The molecule has 1 N–H and O–H groups in total. The Bertz CT molecular complexity index is 516. The van der Waals surface area contributed by atoms with Crippen LogP contribution in [0.1, 0.15) is 43.7 Å². The van der Waals surface area contributed by atoms with Crippen LogP contribution < -0.4 is 5.32 Å². The van der Waals surface area contributed by atoms with Gasteiger partial charge in [0.15, 0.2) is 0 Å². The molecule has 1 heterocycles. The van der Waals surface area contributed by atoms with Gasteiger partial charge in [-0.2, -0.15) is 0 Å². The Labute approximate surface area is 132 Å². The number of unbranched alkanes of at least 4 members (excludes halogenated alkanes) is 2. The summed E-state index contributed by atoms with van der Waals surface area (Å²) in [5, 5.41) is 6.90. The van der Waals surface area contributed by atoms with Gasteiger partial charge in [-0.3, -0.25) is 0 Å². The predicted octanol–water partition coefficient (Wildman–Crippen LogP) is 4.69. The molecule has 114 valence electrons. The molecule has 0 radical (unpaired) electrons. The van der Waals surface area contributed by atoms with E-state index in [9.17, 15) is 0 Å². The first kappa shape index (κ1) is 16.2. The highest BCUT2D eigenvalue weighted by molar-refractivity contribution is 7.09. The summed E-state index contributed by atoms with van der Waals surface area (Å²) in [5.74, 6) is 0. The van der Waals surface area contributed by atoms with Gasteiger partial charge in [-0.15, -0.1) is 11.3 Å². The van der Waals surface area contributed by atoms with Gasteiger partial charge < -0.3 is 5.32 Å². The molecule has 0 aliphatic rings. The predicted molar refractivity (Wildman–Crippen MR) is 93.0 cm³/mol. The molecule has 0 atom stereocenters. The summed E-state index contributed by atoms with van der Waals surface area (Å²) in [6.45, 7) is 6.59. The average Bonchev–Trinajstić information content (AvgIpc) is 3.00.